The molecule has 2 N–H and O–H groups in total. The highest BCUT2D eigenvalue weighted by atomic mass is 79.9. The van der Waals surface area contributed by atoms with Gasteiger partial charge in [0.2, 0.25) is 5.91 Å². The standard InChI is InChI=1S/C12H13BrN2O3/c1-7-4-8(13)2-3-9(7)15-10(12(17)18)5-14-6-11(15)16/h2-4,10,14H,5-6H2,1H3,(H,17,18). The van der Waals surface area contributed by atoms with Crippen molar-refractivity contribution in [1.82, 2.24) is 5.32 Å². The first-order chi connectivity index (χ1) is 8.50. The number of anilines is 1. The summed E-state index contributed by atoms with van der Waals surface area (Å²) in [6, 6.07) is 4.57. The molecule has 1 fully saturated rings. The van der Waals surface area contributed by atoms with E-state index in [-0.39, 0.29) is 19.0 Å². The van der Waals surface area contributed by atoms with E-state index in [4.69, 9.17) is 0 Å². The van der Waals surface area contributed by atoms with Gasteiger partial charge in [0, 0.05) is 16.7 Å². The number of hydrogen-bond acceptors (Lipinski definition) is 3. The number of nitrogens with one attached hydrogen (secondary N) is 1. The number of hydrogen-bond donors (Lipinski definition) is 2. The highest BCUT2D eigenvalue weighted by Crippen LogP contribution is 2.26. The number of amides is 1. The van der Waals surface area contributed by atoms with Gasteiger partial charge >= 0.3 is 5.97 Å². The first-order valence-corrected chi connectivity index (χ1v) is 6.31. The van der Waals surface area contributed by atoms with Crippen molar-refractivity contribution < 1.29 is 14.7 Å². The minimum atomic E-state index is -1.00. The topological polar surface area (TPSA) is 69.6 Å². The molecule has 0 spiro atoms. The number of carboxylic acids is 1. The van der Waals surface area contributed by atoms with Gasteiger partial charge in [0.05, 0.1) is 6.54 Å². The lowest BCUT2D eigenvalue weighted by Crippen LogP contribution is -2.58. The third kappa shape index (κ3) is 2.39. The number of carbonyl (C=O) groups excluding carboxylic acids is 1. The Morgan fingerprint density at radius 1 is 1.56 bits per heavy atom. The second-order valence-corrected chi connectivity index (χ2v) is 5.10. The molecule has 1 aromatic rings. The van der Waals surface area contributed by atoms with Crippen LogP contribution < -0.4 is 10.2 Å². The summed E-state index contributed by atoms with van der Waals surface area (Å²) < 4.78 is 0.901. The summed E-state index contributed by atoms with van der Waals surface area (Å²) in [5, 5.41) is 12.0. The Labute approximate surface area is 113 Å². The lowest BCUT2D eigenvalue weighted by Gasteiger charge is -2.34. The zero-order valence-corrected chi connectivity index (χ0v) is 11.4. The summed E-state index contributed by atoms with van der Waals surface area (Å²) >= 11 is 3.35. The number of carbonyl (C=O) groups is 2. The zero-order chi connectivity index (χ0) is 13.3. The molecule has 2 rings (SSSR count). The van der Waals surface area contributed by atoms with Crippen LogP contribution in [0.15, 0.2) is 22.7 Å². The second kappa shape index (κ2) is 5.07. The fraction of sp³-hybridized carbons (Fsp3) is 0.333. The van der Waals surface area contributed by atoms with Crippen LogP contribution in [0.5, 0.6) is 0 Å². The molecule has 5 nitrogen and oxygen atoms in total. The maximum absolute atomic E-state index is 11.9. The molecule has 0 bridgehead atoms. The molecule has 1 aromatic carbocycles. The number of aryl methyl sites for hydroxylation is 1. The molecule has 18 heavy (non-hydrogen) atoms. The molecule has 1 saturated heterocycles. The van der Waals surface area contributed by atoms with Crippen molar-refractivity contribution in [3.63, 3.8) is 0 Å². The molecule has 0 aliphatic carbocycles. The van der Waals surface area contributed by atoms with E-state index in [2.05, 4.69) is 21.2 Å². The molecule has 1 amide bonds. The van der Waals surface area contributed by atoms with E-state index in [0.29, 0.717) is 5.69 Å². The van der Waals surface area contributed by atoms with Crippen LogP contribution in [0.1, 0.15) is 5.56 Å². The van der Waals surface area contributed by atoms with Crippen molar-refractivity contribution in [1.29, 1.82) is 0 Å². The third-order valence-corrected chi connectivity index (χ3v) is 3.39. The number of piperazine rings is 1. The van der Waals surface area contributed by atoms with Crippen LogP contribution in [-0.2, 0) is 9.59 Å². The van der Waals surface area contributed by atoms with Crippen molar-refractivity contribution >= 4 is 33.5 Å². The quantitative estimate of drug-likeness (QED) is 0.859. The average Bonchev–Trinajstić information content (AvgIpc) is 2.29. The number of nitrogens with zero attached hydrogens (tertiary/aromatic N) is 1. The van der Waals surface area contributed by atoms with Gasteiger partial charge in [0.1, 0.15) is 6.04 Å². The molecule has 1 aliphatic rings. The van der Waals surface area contributed by atoms with E-state index in [1.165, 1.54) is 4.90 Å². The fourth-order valence-electron chi connectivity index (χ4n) is 2.06. The summed E-state index contributed by atoms with van der Waals surface area (Å²) in [7, 11) is 0. The van der Waals surface area contributed by atoms with Crippen LogP contribution in [0.25, 0.3) is 0 Å². The predicted molar refractivity (Wildman–Crippen MR) is 70.7 cm³/mol. The SMILES string of the molecule is Cc1cc(Br)ccc1N1C(=O)CNCC1C(=O)O. The van der Waals surface area contributed by atoms with Crippen molar-refractivity contribution in [3.8, 4) is 0 Å². The summed E-state index contributed by atoms with van der Waals surface area (Å²) in [5.41, 5.74) is 1.52. The fourth-order valence-corrected chi connectivity index (χ4v) is 2.53. The maximum Gasteiger partial charge on any atom is 0.328 e. The third-order valence-electron chi connectivity index (χ3n) is 2.90. The van der Waals surface area contributed by atoms with Gasteiger partial charge in [-0.1, -0.05) is 15.9 Å². The minimum absolute atomic E-state index is 0.166. The molecule has 1 aliphatic heterocycles. The molecular weight excluding hydrogens is 300 g/mol. The summed E-state index contributed by atoms with van der Waals surface area (Å²) in [4.78, 5) is 24.5. The largest absolute Gasteiger partial charge is 0.480 e. The Kier molecular flexibility index (Phi) is 3.68. The Morgan fingerprint density at radius 3 is 2.89 bits per heavy atom. The van der Waals surface area contributed by atoms with Crippen LogP contribution in [0.4, 0.5) is 5.69 Å². The monoisotopic (exact) mass is 312 g/mol. The van der Waals surface area contributed by atoms with E-state index in [1.54, 1.807) is 12.1 Å². The molecule has 96 valence electrons. The smallest absolute Gasteiger partial charge is 0.328 e. The van der Waals surface area contributed by atoms with Gasteiger partial charge in [-0.2, -0.15) is 0 Å². The van der Waals surface area contributed by atoms with E-state index in [1.807, 2.05) is 13.0 Å². The Balaban J connectivity index is 2.43. The van der Waals surface area contributed by atoms with E-state index in [0.717, 1.165) is 10.0 Å². The normalized spacial score (nSPS) is 20.0. The van der Waals surface area contributed by atoms with Crippen LogP contribution >= 0.6 is 15.9 Å². The summed E-state index contributed by atoms with van der Waals surface area (Å²) in [5.74, 6) is -1.23. The number of carboxylic acid groups (broad SMARTS) is 1. The first kappa shape index (κ1) is 13.0. The maximum atomic E-state index is 11.9. The number of benzene rings is 1. The molecule has 1 unspecified atom stereocenters. The van der Waals surface area contributed by atoms with Gasteiger partial charge in [-0.3, -0.25) is 9.69 Å². The number of aliphatic carboxylic acids is 1. The first-order valence-electron chi connectivity index (χ1n) is 5.52. The van der Waals surface area contributed by atoms with Crippen LogP contribution in [0.3, 0.4) is 0 Å². The van der Waals surface area contributed by atoms with Gasteiger partial charge in [0.15, 0.2) is 0 Å². The van der Waals surface area contributed by atoms with Crippen LogP contribution in [-0.4, -0.2) is 36.1 Å². The van der Waals surface area contributed by atoms with Crippen molar-refractivity contribution in [2.75, 3.05) is 18.0 Å². The lowest BCUT2D eigenvalue weighted by atomic mass is 10.1. The van der Waals surface area contributed by atoms with E-state index < -0.39 is 12.0 Å². The number of rotatable bonds is 2. The van der Waals surface area contributed by atoms with Crippen LogP contribution in [0, 0.1) is 6.92 Å². The average molecular weight is 313 g/mol. The lowest BCUT2D eigenvalue weighted by molar-refractivity contribution is -0.140. The van der Waals surface area contributed by atoms with Gasteiger partial charge in [0.25, 0.3) is 0 Å². The predicted octanol–water partition coefficient (Wildman–Crippen LogP) is 1.15. The summed E-state index contributed by atoms with van der Waals surface area (Å²) in [6.07, 6.45) is 0. The highest BCUT2D eigenvalue weighted by molar-refractivity contribution is 9.10. The molecule has 1 atom stereocenters. The van der Waals surface area contributed by atoms with Gasteiger partial charge < -0.3 is 10.4 Å². The van der Waals surface area contributed by atoms with Gasteiger partial charge in [-0.05, 0) is 30.7 Å². The molecule has 0 radical (unpaired) electrons. The zero-order valence-electron chi connectivity index (χ0n) is 9.81. The Morgan fingerprint density at radius 2 is 2.28 bits per heavy atom. The van der Waals surface area contributed by atoms with Gasteiger partial charge in [-0.25, -0.2) is 4.79 Å². The van der Waals surface area contributed by atoms with Crippen LogP contribution in [0.2, 0.25) is 0 Å². The number of halogens is 1. The Bertz CT molecular complexity index is 504. The van der Waals surface area contributed by atoms with Crippen molar-refractivity contribution in [2.24, 2.45) is 0 Å². The minimum Gasteiger partial charge on any atom is -0.480 e. The van der Waals surface area contributed by atoms with Crippen molar-refractivity contribution in [3.05, 3.63) is 28.2 Å². The summed E-state index contributed by atoms with van der Waals surface area (Å²) in [6.45, 7) is 2.28. The van der Waals surface area contributed by atoms with E-state index in [9.17, 15) is 14.7 Å². The molecular formula is C12H13BrN2O3. The van der Waals surface area contributed by atoms with E-state index >= 15 is 0 Å². The van der Waals surface area contributed by atoms with Gasteiger partial charge in [-0.15, -0.1) is 0 Å². The molecule has 6 heteroatoms. The Hall–Kier alpha value is -1.40. The molecule has 0 saturated carbocycles. The molecule has 0 aromatic heterocycles. The highest BCUT2D eigenvalue weighted by Gasteiger charge is 2.34. The molecule has 1 heterocycles. The van der Waals surface area contributed by atoms with Crippen molar-refractivity contribution in [2.45, 2.75) is 13.0 Å². The second-order valence-electron chi connectivity index (χ2n) is 4.18.